The van der Waals surface area contributed by atoms with Crippen LogP contribution in [0.1, 0.15) is 12.5 Å². The van der Waals surface area contributed by atoms with Gasteiger partial charge >= 0.3 is 5.97 Å². The Hall–Kier alpha value is -2.05. The van der Waals surface area contributed by atoms with E-state index in [4.69, 9.17) is 5.11 Å². The minimum Gasteiger partial charge on any atom is -0.480 e. The largest absolute Gasteiger partial charge is 0.480 e. The molecule has 0 aromatic heterocycles. The quantitative estimate of drug-likeness (QED) is 0.801. The third-order valence-corrected chi connectivity index (χ3v) is 2.19. The van der Waals surface area contributed by atoms with Crippen molar-refractivity contribution in [1.29, 1.82) is 0 Å². The SMILES string of the molecule is CC(=O)NC(Cc1cc(F)c(F)cc1F)C(=O)O. The Bertz CT molecular complexity index is 491. The summed E-state index contributed by atoms with van der Waals surface area (Å²) >= 11 is 0. The van der Waals surface area contributed by atoms with Crippen LogP contribution < -0.4 is 5.32 Å². The molecule has 1 aromatic rings. The van der Waals surface area contributed by atoms with Crippen LogP contribution in [0.2, 0.25) is 0 Å². The molecule has 2 N–H and O–H groups in total. The third kappa shape index (κ3) is 3.47. The van der Waals surface area contributed by atoms with Crippen molar-refractivity contribution in [2.24, 2.45) is 0 Å². The average molecular weight is 261 g/mol. The number of carboxylic acids is 1. The van der Waals surface area contributed by atoms with Gasteiger partial charge in [-0.15, -0.1) is 0 Å². The summed E-state index contributed by atoms with van der Waals surface area (Å²) in [5, 5.41) is 10.9. The van der Waals surface area contributed by atoms with Crippen LogP contribution in [-0.4, -0.2) is 23.0 Å². The number of amides is 1. The molecule has 0 bridgehead atoms. The Balaban J connectivity index is 2.97. The van der Waals surface area contributed by atoms with Gasteiger partial charge in [0.05, 0.1) is 0 Å². The fourth-order valence-electron chi connectivity index (χ4n) is 1.39. The first kappa shape index (κ1) is 14.0. The summed E-state index contributed by atoms with van der Waals surface area (Å²) in [5.74, 6) is -5.72. The average Bonchev–Trinajstić information content (AvgIpc) is 2.23. The molecule has 0 saturated heterocycles. The summed E-state index contributed by atoms with van der Waals surface area (Å²) in [7, 11) is 0. The van der Waals surface area contributed by atoms with Gasteiger partial charge < -0.3 is 10.4 Å². The van der Waals surface area contributed by atoms with E-state index in [1.165, 1.54) is 0 Å². The van der Waals surface area contributed by atoms with Crippen LogP contribution in [0.15, 0.2) is 12.1 Å². The van der Waals surface area contributed by atoms with E-state index in [0.717, 1.165) is 6.92 Å². The second-order valence-corrected chi connectivity index (χ2v) is 3.65. The van der Waals surface area contributed by atoms with E-state index in [0.29, 0.717) is 12.1 Å². The van der Waals surface area contributed by atoms with Crippen molar-refractivity contribution in [3.05, 3.63) is 35.1 Å². The zero-order chi connectivity index (χ0) is 13.9. The maximum absolute atomic E-state index is 13.3. The molecule has 0 heterocycles. The van der Waals surface area contributed by atoms with Crippen molar-refractivity contribution in [2.75, 3.05) is 0 Å². The topological polar surface area (TPSA) is 66.4 Å². The number of hydrogen-bond donors (Lipinski definition) is 2. The first-order valence-electron chi connectivity index (χ1n) is 4.94. The lowest BCUT2D eigenvalue weighted by Crippen LogP contribution is -2.41. The number of rotatable bonds is 4. The molecule has 1 aromatic carbocycles. The molecule has 0 saturated carbocycles. The van der Waals surface area contributed by atoms with Gasteiger partial charge in [0.15, 0.2) is 11.6 Å². The lowest BCUT2D eigenvalue weighted by Gasteiger charge is -2.13. The van der Waals surface area contributed by atoms with Crippen LogP contribution in [0.5, 0.6) is 0 Å². The fraction of sp³-hybridized carbons (Fsp3) is 0.273. The molecular weight excluding hydrogens is 251 g/mol. The van der Waals surface area contributed by atoms with Gasteiger partial charge in [-0.2, -0.15) is 0 Å². The lowest BCUT2D eigenvalue weighted by molar-refractivity contribution is -0.141. The molecule has 0 aliphatic carbocycles. The van der Waals surface area contributed by atoms with Crippen LogP contribution >= 0.6 is 0 Å². The van der Waals surface area contributed by atoms with Gasteiger partial charge in [0.1, 0.15) is 11.9 Å². The second-order valence-electron chi connectivity index (χ2n) is 3.65. The molecular formula is C11H10F3NO3. The number of benzene rings is 1. The number of halogens is 3. The Morgan fingerprint density at radius 3 is 2.28 bits per heavy atom. The highest BCUT2D eigenvalue weighted by molar-refractivity contribution is 5.82. The molecule has 0 spiro atoms. The minimum absolute atomic E-state index is 0.324. The molecule has 1 atom stereocenters. The van der Waals surface area contributed by atoms with E-state index in [1.807, 2.05) is 0 Å². The van der Waals surface area contributed by atoms with Crippen LogP contribution in [0.4, 0.5) is 13.2 Å². The second kappa shape index (κ2) is 5.52. The van der Waals surface area contributed by atoms with Crippen molar-refractivity contribution in [2.45, 2.75) is 19.4 Å². The zero-order valence-corrected chi connectivity index (χ0v) is 9.34. The monoisotopic (exact) mass is 261 g/mol. The Morgan fingerprint density at radius 2 is 1.78 bits per heavy atom. The van der Waals surface area contributed by atoms with Gasteiger partial charge in [-0.05, 0) is 11.6 Å². The van der Waals surface area contributed by atoms with E-state index in [1.54, 1.807) is 0 Å². The predicted octanol–water partition coefficient (Wildman–Crippen LogP) is 1.24. The molecule has 0 aliphatic rings. The summed E-state index contributed by atoms with van der Waals surface area (Å²) in [6, 6.07) is -0.499. The standard InChI is InChI=1S/C11H10F3NO3/c1-5(16)15-10(11(17)18)3-6-2-8(13)9(14)4-7(6)12/h2,4,10H,3H2,1H3,(H,15,16)(H,17,18). The maximum atomic E-state index is 13.3. The molecule has 0 aliphatic heterocycles. The van der Waals surface area contributed by atoms with Crippen LogP contribution in [0, 0.1) is 17.5 Å². The summed E-state index contributed by atoms with van der Waals surface area (Å²) in [6.07, 6.45) is -0.474. The number of carboxylic acid groups (broad SMARTS) is 1. The maximum Gasteiger partial charge on any atom is 0.326 e. The summed E-state index contributed by atoms with van der Waals surface area (Å²) in [5.41, 5.74) is -0.324. The van der Waals surface area contributed by atoms with Gasteiger partial charge in [0.25, 0.3) is 0 Å². The Labute approximate surface area is 100 Å². The van der Waals surface area contributed by atoms with E-state index in [2.05, 4.69) is 5.32 Å². The first-order valence-corrected chi connectivity index (χ1v) is 4.94. The summed E-state index contributed by atoms with van der Waals surface area (Å²) in [4.78, 5) is 21.6. The highest BCUT2D eigenvalue weighted by Crippen LogP contribution is 2.15. The number of carbonyl (C=O) groups is 2. The van der Waals surface area contributed by atoms with Crippen molar-refractivity contribution in [3.8, 4) is 0 Å². The summed E-state index contributed by atoms with van der Waals surface area (Å²) in [6.45, 7) is 1.09. The van der Waals surface area contributed by atoms with Gasteiger partial charge in [-0.25, -0.2) is 18.0 Å². The van der Waals surface area contributed by atoms with E-state index in [9.17, 15) is 22.8 Å². The third-order valence-electron chi connectivity index (χ3n) is 2.19. The van der Waals surface area contributed by atoms with Crippen molar-refractivity contribution in [1.82, 2.24) is 5.32 Å². The molecule has 1 amide bonds. The van der Waals surface area contributed by atoms with Crippen LogP contribution in [0.3, 0.4) is 0 Å². The van der Waals surface area contributed by atoms with Crippen LogP contribution in [-0.2, 0) is 16.0 Å². The van der Waals surface area contributed by atoms with Crippen molar-refractivity contribution >= 4 is 11.9 Å². The van der Waals surface area contributed by atoms with Crippen molar-refractivity contribution < 1.29 is 27.9 Å². The minimum atomic E-state index is -1.40. The normalized spacial score (nSPS) is 12.0. The van der Waals surface area contributed by atoms with Crippen molar-refractivity contribution in [3.63, 3.8) is 0 Å². The molecule has 4 nitrogen and oxygen atoms in total. The molecule has 18 heavy (non-hydrogen) atoms. The lowest BCUT2D eigenvalue weighted by atomic mass is 10.0. The molecule has 7 heteroatoms. The van der Waals surface area contributed by atoms with Gasteiger partial charge in [-0.1, -0.05) is 0 Å². The summed E-state index contributed by atoms with van der Waals surface area (Å²) < 4.78 is 38.8. The fourth-order valence-corrected chi connectivity index (χ4v) is 1.39. The number of carbonyl (C=O) groups excluding carboxylic acids is 1. The van der Waals surface area contributed by atoms with E-state index in [-0.39, 0.29) is 5.56 Å². The smallest absolute Gasteiger partial charge is 0.326 e. The Kier molecular flexibility index (Phi) is 4.30. The number of aliphatic carboxylic acids is 1. The highest BCUT2D eigenvalue weighted by Gasteiger charge is 2.21. The predicted molar refractivity (Wildman–Crippen MR) is 55.3 cm³/mol. The van der Waals surface area contributed by atoms with E-state index < -0.39 is 41.8 Å². The van der Waals surface area contributed by atoms with E-state index >= 15 is 0 Å². The molecule has 98 valence electrons. The molecule has 0 radical (unpaired) electrons. The van der Waals surface area contributed by atoms with Gasteiger partial charge in [0.2, 0.25) is 5.91 Å². The Morgan fingerprint density at radius 1 is 1.22 bits per heavy atom. The highest BCUT2D eigenvalue weighted by atomic mass is 19.2. The molecule has 0 fully saturated rings. The van der Waals surface area contributed by atoms with Gasteiger partial charge in [0, 0.05) is 19.4 Å². The van der Waals surface area contributed by atoms with Gasteiger partial charge in [-0.3, -0.25) is 4.79 Å². The zero-order valence-electron chi connectivity index (χ0n) is 9.34. The van der Waals surface area contributed by atoms with Crippen LogP contribution in [0.25, 0.3) is 0 Å². The number of nitrogens with one attached hydrogen (secondary N) is 1. The molecule has 1 rings (SSSR count). The molecule has 1 unspecified atom stereocenters. The first-order chi connectivity index (χ1) is 8.31. The number of hydrogen-bond acceptors (Lipinski definition) is 2.